The second kappa shape index (κ2) is 3.03. The van der Waals surface area contributed by atoms with Gasteiger partial charge in [-0.3, -0.25) is 0 Å². The van der Waals surface area contributed by atoms with Crippen molar-refractivity contribution in [2.75, 3.05) is 0 Å². The van der Waals surface area contributed by atoms with Crippen LogP contribution < -0.4 is 0 Å². The van der Waals surface area contributed by atoms with E-state index in [2.05, 4.69) is 24.0 Å². The van der Waals surface area contributed by atoms with Gasteiger partial charge in [0.1, 0.15) is 0 Å². The van der Waals surface area contributed by atoms with Crippen molar-refractivity contribution in [3.05, 3.63) is 11.4 Å². The van der Waals surface area contributed by atoms with Gasteiger partial charge in [-0.2, -0.15) is 15.0 Å². The number of aromatic nitrogens is 3. The van der Waals surface area contributed by atoms with Gasteiger partial charge in [-0.1, -0.05) is 13.8 Å². The highest BCUT2D eigenvalue weighted by molar-refractivity contribution is 5.06. The van der Waals surface area contributed by atoms with Crippen LogP contribution in [-0.4, -0.2) is 15.0 Å². The van der Waals surface area contributed by atoms with Crippen molar-refractivity contribution in [2.45, 2.75) is 27.2 Å². The molecule has 3 nitrogen and oxygen atoms in total. The molecule has 0 aliphatic rings. The second-order valence-electron chi connectivity index (χ2n) is 3.32. The SMILES string of the molecule is Cc1nn(C)nc1CC(C)C. The van der Waals surface area contributed by atoms with Crippen LogP contribution in [0.2, 0.25) is 0 Å². The Hall–Kier alpha value is -0.860. The Kier molecular flexibility index (Phi) is 2.27. The molecular weight excluding hydrogens is 138 g/mol. The molecule has 1 rings (SSSR count). The summed E-state index contributed by atoms with van der Waals surface area (Å²) in [5.74, 6) is 0.658. The molecule has 1 heterocycles. The fraction of sp³-hybridized carbons (Fsp3) is 0.750. The molecule has 0 atom stereocenters. The normalized spacial score (nSPS) is 11.0. The smallest absolute Gasteiger partial charge is 0.0858 e. The first-order valence-electron chi connectivity index (χ1n) is 3.96. The summed E-state index contributed by atoms with van der Waals surface area (Å²) >= 11 is 0. The molecule has 1 aromatic heterocycles. The number of aryl methyl sites for hydroxylation is 2. The van der Waals surface area contributed by atoms with Crippen LogP contribution in [0.25, 0.3) is 0 Å². The van der Waals surface area contributed by atoms with Gasteiger partial charge in [0.2, 0.25) is 0 Å². The van der Waals surface area contributed by atoms with Gasteiger partial charge in [-0.25, -0.2) is 0 Å². The van der Waals surface area contributed by atoms with Crippen LogP contribution in [0, 0.1) is 12.8 Å². The van der Waals surface area contributed by atoms with Crippen LogP contribution in [0.1, 0.15) is 25.2 Å². The van der Waals surface area contributed by atoms with Crippen molar-refractivity contribution >= 4 is 0 Å². The minimum absolute atomic E-state index is 0.658. The summed E-state index contributed by atoms with van der Waals surface area (Å²) < 4.78 is 0. The van der Waals surface area contributed by atoms with Crippen molar-refractivity contribution in [3.8, 4) is 0 Å². The third-order valence-corrected chi connectivity index (χ3v) is 1.58. The molecule has 0 aliphatic heterocycles. The van der Waals surface area contributed by atoms with Gasteiger partial charge >= 0.3 is 0 Å². The zero-order chi connectivity index (χ0) is 8.43. The molecule has 3 heteroatoms. The standard InChI is InChI=1S/C8H15N3/c1-6(2)5-8-7(3)9-11(4)10-8/h6H,5H2,1-4H3. The lowest BCUT2D eigenvalue weighted by atomic mass is 10.1. The maximum atomic E-state index is 4.26. The third kappa shape index (κ3) is 2.03. The molecule has 0 bridgehead atoms. The first-order chi connectivity index (χ1) is 5.09. The third-order valence-electron chi connectivity index (χ3n) is 1.58. The number of nitrogens with zero attached hydrogens (tertiary/aromatic N) is 3. The van der Waals surface area contributed by atoms with Gasteiger partial charge in [0.05, 0.1) is 11.4 Å². The summed E-state index contributed by atoms with van der Waals surface area (Å²) in [6, 6.07) is 0. The van der Waals surface area contributed by atoms with E-state index in [-0.39, 0.29) is 0 Å². The van der Waals surface area contributed by atoms with Crippen molar-refractivity contribution < 1.29 is 0 Å². The van der Waals surface area contributed by atoms with E-state index in [1.807, 2.05) is 14.0 Å². The zero-order valence-electron chi connectivity index (χ0n) is 7.63. The molecule has 0 spiro atoms. The van der Waals surface area contributed by atoms with Crippen LogP contribution in [-0.2, 0) is 13.5 Å². The molecule has 0 fully saturated rings. The molecule has 0 unspecified atom stereocenters. The van der Waals surface area contributed by atoms with Crippen molar-refractivity contribution in [3.63, 3.8) is 0 Å². The summed E-state index contributed by atoms with van der Waals surface area (Å²) in [6.45, 7) is 6.38. The maximum Gasteiger partial charge on any atom is 0.0858 e. The Labute approximate surface area is 67.4 Å². The molecule has 0 radical (unpaired) electrons. The van der Waals surface area contributed by atoms with Gasteiger partial charge in [0.25, 0.3) is 0 Å². The van der Waals surface area contributed by atoms with Gasteiger partial charge < -0.3 is 0 Å². The average molecular weight is 153 g/mol. The Morgan fingerprint density at radius 2 is 2.00 bits per heavy atom. The van der Waals surface area contributed by atoms with E-state index in [9.17, 15) is 0 Å². The maximum absolute atomic E-state index is 4.26. The number of rotatable bonds is 2. The van der Waals surface area contributed by atoms with Gasteiger partial charge in [0.15, 0.2) is 0 Å². The van der Waals surface area contributed by atoms with Gasteiger partial charge in [-0.15, -0.1) is 0 Å². The number of hydrogen-bond donors (Lipinski definition) is 0. The molecule has 62 valence electrons. The molecule has 0 amide bonds. The van der Waals surface area contributed by atoms with E-state index in [1.54, 1.807) is 4.80 Å². The lowest BCUT2D eigenvalue weighted by Crippen LogP contribution is -1.97. The molecule has 0 aliphatic carbocycles. The number of hydrogen-bond acceptors (Lipinski definition) is 2. The first-order valence-corrected chi connectivity index (χ1v) is 3.96. The summed E-state index contributed by atoms with van der Waals surface area (Å²) in [5, 5.41) is 8.43. The summed E-state index contributed by atoms with van der Waals surface area (Å²) in [7, 11) is 1.86. The van der Waals surface area contributed by atoms with Gasteiger partial charge in [0, 0.05) is 7.05 Å². The molecule has 0 N–H and O–H groups in total. The van der Waals surface area contributed by atoms with E-state index in [0.29, 0.717) is 5.92 Å². The molecule has 11 heavy (non-hydrogen) atoms. The van der Waals surface area contributed by atoms with Crippen LogP contribution in [0.4, 0.5) is 0 Å². The summed E-state index contributed by atoms with van der Waals surface area (Å²) in [4.78, 5) is 1.63. The van der Waals surface area contributed by atoms with Crippen LogP contribution >= 0.6 is 0 Å². The minimum Gasteiger partial charge on any atom is -0.188 e. The predicted molar refractivity (Wildman–Crippen MR) is 44.3 cm³/mol. The zero-order valence-corrected chi connectivity index (χ0v) is 7.63. The Morgan fingerprint density at radius 3 is 2.36 bits per heavy atom. The summed E-state index contributed by atoms with van der Waals surface area (Å²) in [6.07, 6.45) is 1.03. The fourth-order valence-electron chi connectivity index (χ4n) is 1.12. The molecular formula is C8H15N3. The van der Waals surface area contributed by atoms with Crippen molar-refractivity contribution in [2.24, 2.45) is 13.0 Å². The molecule has 0 saturated heterocycles. The van der Waals surface area contributed by atoms with E-state index in [0.717, 1.165) is 17.8 Å². The average Bonchev–Trinajstić information content (AvgIpc) is 2.09. The summed E-state index contributed by atoms with van der Waals surface area (Å²) in [5.41, 5.74) is 2.18. The second-order valence-corrected chi connectivity index (χ2v) is 3.32. The topological polar surface area (TPSA) is 30.7 Å². The highest BCUT2D eigenvalue weighted by Gasteiger charge is 2.06. The van der Waals surface area contributed by atoms with Crippen molar-refractivity contribution in [1.82, 2.24) is 15.0 Å². The predicted octanol–water partition coefficient (Wildman–Crippen LogP) is 1.32. The lowest BCUT2D eigenvalue weighted by Gasteiger charge is -1.99. The van der Waals surface area contributed by atoms with E-state index < -0.39 is 0 Å². The highest BCUT2D eigenvalue weighted by atomic mass is 15.5. The molecule has 0 saturated carbocycles. The fourth-order valence-corrected chi connectivity index (χ4v) is 1.12. The highest BCUT2D eigenvalue weighted by Crippen LogP contribution is 2.07. The quantitative estimate of drug-likeness (QED) is 0.641. The Morgan fingerprint density at radius 1 is 1.36 bits per heavy atom. The van der Waals surface area contributed by atoms with Crippen LogP contribution in [0.3, 0.4) is 0 Å². The molecule has 1 aromatic rings. The van der Waals surface area contributed by atoms with Crippen LogP contribution in [0.5, 0.6) is 0 Å². The van der Waals surface area contributed by atoms with Gasteiger partial charge in [-0.05, 0) is 19.3 Å². The van der Waals surface area contributed by atoms with E-state index in [1.165, 1.54) is 0 Å². The van der Waals surface area contributed by atoms with Crippen LogP contribution in [0.15, 0.2) is 0 Å². The van der Waals surface area contributed by atoms with Crippen molar-refractivity contribution in [1.29, 1.82) is 0 Å². The molecule has 0 aromatic carbocycles. The lowest BCUT2D eigenvalue weighted by molar-refractivity contribution is 0.604. The van der Waals surface area contributed by atoms with E-state index >= 15 is 0 Å². The Bertz CT molecular complexity index is 237. The minimum atomic E-state index is 0.658. The Balaban J connectivity index is 2.77. The van der Waals surface area contributed by atoms with E-state index in [4.69, 9.17) is 0 Å². The first kappa shape index (κ1) is 8.24. The monoisotopic (exact) mass is 153 g/mol. The largest absolute Gasteiger partial charge is 0.188 e.